The minimum Gasteiger partial charge on any atom is -0.301 e. The van der Waals surface area contributed by atoms with Crippen LogP contribution in [0.5, 0.6) is 0 Å². The fourth-order valence-electron chi connectivity index (χ4n) is 0.906. The maximum absolute atomic E-state index is 11.5. The van der Waals surface area contributed by atoms with Crippen LogP contribution in [-0.4, -0.2) is 32.3 Å². The Morgan fingerprint density at radius 1 is 1.59 bits per heavy atom. The van der Waals surface area contributed by atoms with Gasteiger partial charge in [0.15, 0.2) is 9.47 Å². The zero-order chi connectivity index (χ0) is 12.1. The van der Waals surface area contributed by atoms with Crippen molar-refractivity contribution in [1.29, 1.82) is 0 Å². The molecule has 17 heavy (non-hydrogen) atoms. The summed E-state index contributed by atoms with van der Waals surface area (Å²) in [5, 5.41) is 5.90. The lowest BCUT2D eigenvalue weighted by Gasteiger charge is -1.98. The fourth-order valence-corrected chi connectivity index (χ4v) is 3.46. The van der Waals surface area contributed by atoms with Crippen molar-refractivity contribution in [2.24, 2.45) is 0 Å². The van der Waals surface area contributed by atoms with Gasteiger partial charge in [0.1, 0.15) is 0 Å². The van der Waals surface area contributed by atoms with Crippen molar-refractivity contribution >= 4 is 57.4 Å². The molecule has 0 aromatic carbocycles. The SMILES string of the molecule is CSc1nsc(SCC(=O)Nc2nccs2)n1. The first-order valence-corrected chi connectivity index (χ1v) is 8.34. The summed E-state index contributed by atoms with van der Waals surface area (Å²) in [4.78, 5) is 19.8. The molecule has 0 atom stereocenters. The molecule has 0 spiro atoms. The van der Waals surface area contributed by atoms with Crippen molar-refractivity contribution in [3.05, 3.63) is 11.6 Å². The predicted molar refractivity (Wildman–Crippen MR) is 73.2 cm³/mol. The van der Waals surface area contributed by atoms with Crippen LogP contribution < -0.4 is 5.32 Å². The largest absolute Gasteiger partial charge is 0.301 e. The van der Waals surface area contributed by atoms with Crippen LogP contribution in [0.25, 0.3) is 0 Å². The Hall–Kier alpha value is -0.640. The molecular weight excluding hydrogens is 296 g/mol. The van der Waals surface area contributed by atoms with Gasteiger partial charge in [-0.3, -0.25) is 4.79 Å². The third kappa shape index (κ3) is 3.95. The second kappa shape index (κ2) is 6.34. The van der Waals surface area contributed by atoms with Gasteiger partial charge in [-0.25, -0.2) is 9.97 Å². The Morgan fingerprint density at radius 2 is 2.47 bits per heavy atom. The van der Waals surface area contributed by atoms with Crippen LogP contribution in [0.4, 0.5) is 5.13 Å². The zero-order valence-electron chi connectivity index (χ0n) is 8.74. The van der Waals surface area contributed by atoms with Crippen LogP contribution in [0.1, 0.15) is 0 Å². The van der Waals surface area contributed by atoms with E-state index in [2.05, 4.69) is 19.7 Å². The lowest BCUT2D eigenvalue weighted by atomic mass is 10.7. The van der Waals surface area contributed by atoms with Crippen LogP contribution in [-0.2, 0) is 4.79 Å². The van der Waals surface area contributed by atoms with E-state index >= 15 is 0 Å². The minimum absolute atomic E-state index is 0.0779. The molecule has 9 heteroatoms. The number of aromatic nitrogens is 3. The van der Waals surface area contributed by atoms with Crippen LogP contribution in [0.3, 0.4) is 0 Å². The highest BCUT2D eigenvalue weighted by atomic mass is 32.2. The summed E-state index contributed by atoms with van der Waals surface area (Å²) in [6, 6.07) is 0. The van der Waals surface area contributed by atoms with E-state index < -0.39 is 0 Å². The number of nitrogens with zero attached hydrogens (tertiary/aromatic N) is 3. The molecule has 0 saturated carbocycles. The molecule has 2 rings (SSSR count). The second-order valence-corrected chi connectivity index (χ2v) is 6.36. The van der Waals surface area contributed by atoms with Crippen molar-refractivity contribution in [2.45, 2.75) is 9.50 Å². The molecule has 0 unspecified atom stereocenters. The quantitative estimate of drug-likeness (QED) is 0.856. The third-order valence-corrected chi connectivity index (χ3v) is 4.76. The Bertz CT molecular complexity index is 483. The van der Waals surface area contributed by atoms with E-state index in [4.69, 9.17) is 0 Å². The molecule has 0 aliphatic heterocycles. The van der Waals surface area contributed by atoms with Crippen molar-refractivity contribution in [1.82, 2.24) is 14.3 Å². The van der Waals surface area contributed by atoms with Gasteiger partial charge in [0, 0.05) is 11.6 Å². The standard InChI is InChI=1S/C8H8N4OS4/c1-14-7-11-8(17-12-7)16-4-5(13)10-6-9-2-3-15-6/h2-3H,4H2,1H3,(H,9,10,13). The molecule has 5 nitrogen and oxygen atoms in total. The number of carbonyl (C=O) groups is 1. The van der Waals surface area contributed by atoms with E-state index in [0.717, 1.165) is 9.50 Å². The number of anilines is 1. The number of amides is 1. The van der Waals surface area contributed by atoms with Gasteiger partial charge in [-0.2, -0.15) is 4.37 Å². The molecule has 0 radical (unpaired) electrons. The molecule has 0 aliphatic rings. The molecule has 1 amide bonds. The number of nitrogens with one attached hydrogen (secondary N) is 1. The fraction of sp³-hybridized carbons (Fsp3) is 0.250. The van der Waals surface area contributed by atoms with Crippen LogP contribution in [0, 0.1) is 0 Å². The molecule has 2 heterocycles. The topological polar surface area (TPSA) is 67.8 Å². The van der Waals surface area contributed by atoms with E-state index in [1.54, 1.807) is 6.20 Å². The maximum atomic E-state index is 11.5. The Kier molecular flexibility index (Phi) is 4.77. The molecule has 90 valence electrons. The van der Waals surface area contributed by atoms with E-state index in [0.29, 0.717) is 10.9 Å². The predicted octanol–water partition coefficient (Wildman–Crippen LogP) is 2.45. The second-order valence-electron chi connectivity index (χ2n) is 2.72. The lowest BCUT2D eigenvalue weighted by molar-refractivity contribution is -0.113. The van der Waals surface area contributed by atoms with Crippen LogP contribution in [0.2, 0.25) is 0 Å². The molecule has 0 fully saturated rings. The molecule has 0 bridgehead atoms. The minimum atomic E-state index is -0.0779. The van der Waals surface area contributed by atoms with E-state index in [1.165, 1.54) is 46.4 Å². The molecule has 2 aromatic heterocycles. The van der Waals surface area contributed by atoms with Gasteiger partial charge in [-0.1, -0.05) is 23.5 Å². The number of hydrogen-bond acceptors (Lipinski definition) is 8. The highest BCUT2D eigenvalue weighted by Gasteiger charge is 2.08. The van der Waals surface area contributed by atoms with E-state index in [9.17, 15) is 4.79 Å². The molecule has 0 saturated heterocycles. The summed E-state index contributed by atoms with van der Waals surface area (Å²) in [7, 11) is 0. The third-order valence-electron chi connectivity index (χ3n) is 1.58. The van der Waals surface area contributed by atoms with Gasteiger partial charge >= 0.3 is 0 Å². The summed E-state index contributed by atoms with van der Waals surface area (Å²) in [6.45, 7) is 0. The van der Waals surface area contributed by atoms with Crippen molar-refractivity contribution in [2.75, 3.05) is 17.3 Å². The average molecular weight is 304 g/mol. The van der Waals surface area contributed by atoms with Crippen molar-refractivity contribution in [3.8, 4) is 0 Å². The van der Waals surface area contributed by atoms with Crippen LogP contribution in [0.15, 0.2) is 21.1 Å². The summed E-state index contributed by atoms with van der Waals surface area (Å²) in [5.41, 5.74) is 0. The highest BCUT2D eigenvalue weighted by molar-refractivity contribution is 8.01. The van der Waals surface area contributed by atoms with E-state index in [-0.39, 0.29) is 5.91 Å². The smallest absolute Gasteiger partial charge is 0.236 e. The van der Waals surface area contributed by atoms with E-state index in [1.807, 2.05) is 11.6 Å². The highest BCUT2D eigenvalue weighted by Crippen LogP contribution is 2.23. The first-order valence-electron chi connectivity index (χ1n) is 4.48. The molecule has 2 aromatic rings. The first-order chi connectivity index (χ1) is 8.28. The summed E-state index contributed by atoms with van der Waals surface area (Å²) >= 11 is 5.59. The number of rotatable bonds is 5. The Morgan fingerprint density at radius 3 is 3.12 bits per heavy atom. The number of thiazole rings is 1. The monoisotopic (exact) mass is 304 g/mol. The number of hydrogen-bond donors (Lipinski definition) is 1. The average Bonchev–Trinajstić information content (AvgIpc) is 2.96. The van der Waals surface area contributed by atoms with Gasteiger partial charge in [0.2, 0.25) is 11.1 Å². The van der Waals surface area contributed by atoms with Gasteiger partial charge < -0.3 is 5.32 Å². The van der Waals surface area contributed by atoms with Gasteiger partial charge in [0.25, 0.3) is 0 Å². The van der Waals surface area contributed by atoms with Crippen molar-refractivity contribution in [3.63, 3.8) is 0 Å². The summed E-state index contributed by atoms with van der Waals surface area (Å²) < 4.78 is 4.93. The molecular formula is C8H8N4OS4. The Labute approximate surface area is 115 Å². The maximum Gasteiger partial charge on any atom is 0.236 e. The normalized spacial score (nSPS) is 10.4. The Balaban J connectivity index is 1.79. The van der Waals surface area contributed by atoms with Gasteiger partial charge in [0.05, 0.1) is 5.75 Å². The number of carbonyl (C=O) groups excluding carboxylic acids is 1. The van der Waals surface area contributed by atoms with Crippen LogP contribution >= 0.6 is 46.4 Å². The number of thioether (sulfide) groups is 2. The summed E-state index contributed by atoms with van der Waals surface area (Å²) in [6.07, 6.45) is 3.58. The zero-order valence-corrected chi connectivity index (χ0v) is 12.0. The van der Waals surface area contributed by atoms with Crippen molar-refractivity contribution < 1.29 is 4.79 Å². The lowest BCUT2D eigenvalue weighted by Crippen LogP contribution is -2.13. The molecule has 0 aliphatic carbocycles. The first kappa shape index (κ1) is 12.8. The summed E-state index contributed by atoms with van der Waals surface area (Å²) in [5.74, 6) is 0.244. The molecule has 1 N–H and O–H groups in total. The van der Waals surface area contributed by atoms with Gasteiger partial charge in [-0.15, -0.1) is 11.3 Å². The van der Waals surface area contributed by atoms with Gasteiger partial charge in [-0.05, 0) is 17.8 Å².